The zero-order valence-corrected chi connectivity index (χ0v) is 10.5. The highest BCUT2D eigenvalue weighted by molar-refractivity contribution is 5.86. The number of rotatable bonds is 6. The SMILES string of the molecule is C=CC(=O)OCCOC(=O)Nc1ccccc1OC. The van der Waals surface area contributed by atoms with Crippen LogP contribution in [0.25, 0.3) is 0 Å². The van der Waals surface area contributed by atoms with Gasteiger partial charge in [0.25, 0.3) is 0 Å². The molecule has 0 unspecified atom stereocenters. The molecule has 0 atom stereocenters. The first-order chi connectivity index (χ1) is 9.17. The van der Waals surface area contributed by atoms with E-state index in [1.165, 1.54) is 7.11 Å². The quantitative estimate of drug-likeness (QED) is 0.483. The lowest BCUT2D eigenvalue weighted by Crippen LogP contribution is -2.18. The highest BCUT2D eigenvalue weighted by atomic mass is 16.6. The van der Waals surface area contributed by atoms with Crippen molar-refractivity contribution < 1.29 is 23.8 Å². The maximum absolute atomic E-state index is 11.4. The summed E-state index contributed by atoms with van der Waals surface area (Å²) in [7, 11) is 1.50. The lowest BCUT2D eigenvalue weighted by atomic mass is 10.3. The van der Waals surface area contributed by atoms with E-state index in [1.54, 1.807) is 24.3 Å². The summed E-state index contributed by atoms with van der Waals surface area (Å²) in [5.74, 6) is -0.0359. The van der Waals surface area contributed by atoms with Crippen molar-refractivity contribution in [3.05, 3.63) is 36.9 Å². The van der Waals surface area contributed by atoms with Crippen LogP contribution in [0.2, 0.25) is 0 Å². The van der Waals surface area contributed by atoms with E-state index in [2.05, 4.69) is 16.6 Å². The van der Waals surface area contributed by atoms with Gasteiger partial charge < -0.3 is 14.2 Å². The van der Waals surface area contributed by atoms with Crippen LogP contribution in [0.1, 0.15) is 0 Å². The van der Waals surface area contributed by atoms with Gasteiger partial charge in [-0.05, 0) is 12.1 Å². The predicted octanol–water partition coefficient (Wildman–Crippen LogP) is 1.97. The third-order valence-electron chi connectivity index (χ3n) is 2.07. The Morgan fingerprint density at radius 1 is 1.26 bits per heavy atom. The van der Waals surface area contributed by atoms with Gasteiger partial charge in [0, 0.05) is 6.08 Å². The van der Waals surface area contributed by atoms with Gasteiger partial charge in [0.2, 0.25) is 0 Å². The number of benzene rings is 1. The predicted molar refractivity (Wildman–Crippen MR) is 69.1 cm³/mol. The maximum Gasteiger partial charge on any atom is 0.411 e. The summed E-state index contributed by atoms with van der Waals surface area (Å²) in [6.07, 6.45) is 0.383. The average molecular weight is 265 g/mol. The minimum atomic E-state index is -0.654. The fourth-order valence-electron chi connectivity index (χ4n) is 1.23. The second-order valence-corrected chi connectivity index (χ2v) is 3.33. The van der Waals surface area contributed by atoms with Gasteiger partial charge in [0.05, 0.1) is 12.8 Å². The minimum absolute atomic E-state index is 0.0236. The Kier molecular flexibility index (Phi) is 5.94. The standard InChI is InChI=1S/C13H15NO5/c1-3-12(15)18-8-9-19-13(16)14-10-6-4-5-7-11(10)17-2/h3-7H,1,8-9H2,2H3,(H,14,16). The van der Waals surface area contributed by atoms with Crippen molar-refractivity contribution in [3.63, 3.8) is 0 Å². The average Bonchev–Trinajstić information content (AvgIpc) is 2.43. The molecule has 0 spiro atoms. The van der Waals surface area contributed by atoms with Crippen molar-refractivity contribution in [2.75, 3.05) is 25.6 Å². The number of anilines is 1. The molecular weight excluding hydrogens is 250 g/mol. The fraction of sp³-hybridized carbons (Fsp3) is 0.231. The van der Waals surface area contributed by atoms with E-state index < -0.39 is 12.1 Å². The molecule has 0 radical (unpaired) electrons. The minimum Gasteiger partial charge on any atom is -0.495 e. The van der Waals surface area contributed by atoms with Crippen molar-refractivity contribution in [1.29, 1.82) is 0 Å². The van der Waals surface area contributed by atoms with Crippen LogP contribution < -0.4 is 10.1 Å². The fourth-order valence-corrected chi connectivity index (χ4v) is 1.23. The molecule has 19 heavy (non-hydrogen) atoms. The summed E-state index contributed by atoms with van der Waals surface area (Å²) >= 11 is 0. The Morgan fingerprint density at radius 2 is 1.95 bits per heavy atom. The molecule has 0 aliphatic carbocycles. The van der Waals surface area contributed by atoms with Crippen molar-refractivity contribution in [1.82, 2.24) is 0 Å². The van der Waals surface area contributed by atoms with Crippen LogP contribution in [0.3, 0.4) is 0 Å². The number of methoxy groups -OCH3 is 1. The number of para-hydroxylation sites is 2. The molecule has 1 aromatic carbocycles. The van der Waals surface area contributed by atoms with Crippen molar-refractivity contribution in [3.8, 4) is 5.75 Å². The molecule has 6 nitrogen and oxygen atoms in total. The third-order valence-corrected chi connectivity index (χ3v) is 2.07. The Morgan fingerprint density at radius 3 is 2.63 bits per heavy atom. The topological polar surface area (TPSA) is 73.9 Å². The molecule has 0 aromatic heterocycles. The number of carbonyl (C=O) groups excluding carboxylic acids is 2. The second kappa shape index (κ2) is 7.75. The molecular formula is C13H15NO5. The lowest BCUT2D eigenvalue weighted by molar-refractivity contribution is -0.138. The van der Waals surface area contributed by atoms with E-state index in [-0.39, 0.29) is 13.2 Å². The molecule has 1 amide bonds. The molecule has 0 bridgehead atoms. The summed E-state index contributed by atoms with van der Waals surface area (Å²) < 4.78 is 14.5. The number of ether oxygens (including phenoxy) is 3. The molecule has 0 aliphatic rings. The van der Waals surface area contributed by atoms with E-state index in [0.717, 1.165) is 6.08 Å². The van der Waals surface area contributed by atoms with Crippen LogP contribution in [-0.4, -0.2) is 32.4 Å². The number of hydrogen-bond donors (Lipinski definition) is 1. The monoisotopic (exact) mass is 265 g/mol. The van der Waals surface area contributed by atoms with Gasteiger partial charge in [-0.3, -0.25) is 5.32 Å². The van der Waals surface area contributed by atoms with Gasteiger partial charge >= 0.3 is 12.1 Å². The van der Waals surface area contributed by atoms with Gasteiger partial charge in [-0.25, -0.2) is 9.59 Å². The van der Waals surface area contributed by atoms with Gasteiger partial charge in [-0.2, -0.15) is 0 Å². The van der Waals surface area contributed by atoms with Crippen molar-refractivity contribution in [2.24, 2.45) is 0 Å². The summed E-state index contributed by atoms with van der Waals surface area (Å²) in [5, 5.41) is 2.52. The number of carbonyl (C=O) groups is 2. The largest absolute Gasteiger partial charge is 0.495 e. The summed E-state index contributed by atoms with van der Waals surface area (Å²) in [6, 6.07) is 6.92. The maximum atomic E-state index is 11.4. The molecule has 1 aromatic rings. The molecule has 6 heteroatoms. The molecule has 1 rings (SSSR count). The summed E-state index contributed by atoms with van der Waals surface area (Å²) in [6.45, 7) is 3.18. The first kappa shape index (κ1) is 14.6. The molecule has 0 heterocycles. The highest BCUT2D eigenvalue weighted by Gasteiger charge is 2.07. The third kappa shape index (κ3) is 5.12. The smallest absolute Gasteiger partial charge is 0.411 e. The Labute approximate surface area is 111 Å². The number of hydrogen-bond acceptors (Lipinski definition) is 5. The van der Waals surface area contributed by atoms with Crippen LogP contribution in [0.4, 0.5) is 10.5 Å². The molecule has 0 fully saturated rings. The Balaban J connectivity index is 2.35. The number of nitrogens with one attached hydrogen (secondary N) is 1. The van der Waals surface area contributed by atoms with E-state index in [9.17, 15) is 9.59 Å². The molecule has 0 saturated carbocycles. The summed E-state index contributed by atoms with van der Waals surface area (Å²) in [4.78, 5) is 22.2. The van der Waals surface area contributed by atoms with Crippen LogP contribution in [0.5, 0.6) is 5.75 Å². The van der Waals surface area contributed by atoms with Crippen LogP contribution >= 0.6 is 0 Å². The second-order valence-electron chi connectivity index (χ2n) is 3.33. The van der Waals surface area contributed by atoms with E-state index >= 15 is 0 Å². The zero-order valence-electron chi connectivity index (χ0n) is 10.5. The Hall–Kier alpha value is -2.50. The zero-order chi connectivity index (χ0) is 14.1. The first-order valence-corrected chi connectivity index (χ1v) is 5.53. The molecule has 0 aliphatic heterocycles. The van der Waals surface area contributed by atoms with E-state index in [4.69, 9.17) is 9.47 Å². The lowest BCUT2D eigenvalue weighted by Gasteiger charge is -2.10. The van der Waals surface area contributed by atoms with E-state index in [0.29, 0.717) is 11.4 Å². The molecule has 0 saturated heterocycles. The van der Waals surface area contributed by atoms with Crippen LogP contribution in [0.15, 0.2) is 36.9 Å². The van der Waals surface area contributed by atoms with Crippen LogP contribution in [-0.2, 0) is 14.3 Å². The Bertz CT molecular complexity index is 458. The van der Waals surface area contributed by atoms with Crippen molar-refractivity contribution in [2.45, 2.75) is 0 Å². The van der Waals surface area contributed by atoms with Crippen molar-refractivity contribution >= 4 is 17.7 Å². The highest BCUT2D eigenvalue weighted by Crippen LogP contribution is 2.22. The first-order valence-electron chi connectivity index (χ1n) is 5.53. The molecule has 102 valence electrons. The van der Waals surface area contributed by atoms with Gasteiger partial charge in [-0.1, -0.05) is 18.7 Å². The van der Waals surface area contributed by atoms with Gasteiger partial charge in [0.15, 0.2) is 0 Å². The van der Waals surface area contributed by atoms with E-state index in [1.807, 2.05) is 0 Å². The van der Waals surface area contributed by atoms with Crippen LogP contribution in [0, 0.1) is 0 Å². The summed E-state index contributed by atoms with van der Waals surface area (Å²) in [5.41, 5.74) is 0.498. The van der Waals surface area contributed by atoms with Gasteiger partial charge in [-0.15, -0.1) is 0 Å². The number of esters is 1. The number of amides is 1. The normalized spacial score (nSPS) is 9.32. The van der Waals surface area contributed by atoms with Gasteiger partial charge in [0.1, 0.15) is 19.0 Å². The molecule has 1 N–H and O–H groups in total.